The molecule has 100 valence electrons. The van der Waals surface area contributed by atoms with Crippen molar-refractivity contribution in [1.82, 2.24) is 25.5 Å². The van der Waals surface area contributed by atoms with Crippen molar-refractivity contribution in [2.24, 2.45) is 0 Å². The van der Waals surface area contributed by atoms with Gasteiger partial charge in [-0.3, -0.25) is 4.79 Å². The zero-order valence-corrected chi connectivity index (χ0v) is 10.7. The molecule has 2 N–H and O–H groups in total. The lowest BCUT2D eigenvalue weighted by Gasteiger charge is -2.07. The molecule has 0 saturated heterocycles. The summed E-state index contributed by atoms with van der Waals surface area (Å²) in [5.74, 6) is -0.159. The predicted octanol–water partition coefficient (Wildman–Crippen LogP) is 0.421. The molecule has 2 aromatic rings. The van der Waals surface area contributed by atoms with E-state index >= 15 is 0 Å². The number of carbonyl (C=O) groups is 1. The van der Waals surface area contributed by atoms with Gasteiger partial charge in [-0.1, -0.05) is 19.1 Å². The van der Waals surface area contributed by atoms with Crippen molar-refractivity contribution < 1.29 is 4.79 Å². The Balaban J connectivity index is 1.92. The Kier molecular flexibility index (Phi) is 4.57. The van der Waals surface area contributed by atoms with Gasteiger partial charge in [-0.15, -0.1) is 5.10 Å². The number of anilines is 1. The normalized spacial score (nSPS) is 10.4. The SMILES string of the molecule is CCNCc1cccc(NC(=O)Cn2cnnn2)c1. The highest BCUT2D eigenvalue weighted by molar-refractivity contribution is 5.90. The molecule has 1 amide bonds. The molecule has 0 radical (unpaired) electrons. The second-order valence-corrected chi connectivity index (χ2v) is 4.04. The Labute approximate surface area is 111 Å². The lowest BCUT2D eigenvalue weighted by atomic mass is 10.2. The van der Waals surface area contributed by atoms with Gasteiger partial charge in [-0.05, 0) is 34.7 Å². The molecule has 1 heterocycles. The van der Waals surface area contributed by atoms with Gasteiger partial charge in [0.2, 0.25) is 5.91 Å². The Bertz CT molecular complexity index is 525. The monoisotopic (exact) mass is 260 g/mol. The zero-order chi connectivity index (χ0) is 13.5. The second kappa shape index (κ2) is 6.60. The first-order valence-corrected chi connectivity index (χ1v) is 6.08. The Morgan fingerprint density at radius 3 is 3.05 bits per heavy atom. The van der Waals surface area contributed by atoms with Gasteiger partial charge in [0.25, 0.3) is 0 Å². The Morgan fingerprint density at radius 1 is 1.42 bits per heavy atom. The summed E-state index contributed by atoms with van der Waals surface area (Å²) in [6, 6.07) is 7.73. The first-order valence-electron chi connectivity index (χ1n) is 6.08. The molecule has 7 nitrogen and oxygen atoms in total. The summed E-state index contributed by atoms with van der Waals surface area (Å²) in [6.07, 6.45) is 1.40. The van der Waals surface area contributed by atoms with Crippen LogP contribution in [0.5, 0.6) is 0 Å². The Hall–Kier alpha value is -2.28. The van der Waals surface area contributed by atoms with Crippen molar-refractivity contribution in [2.75, 3.05) is 11.9 Å². The fraction of sp³-hybridized carbons (Fsp3) is 0.333. The third-order valence-electron chi connectivity index (χ3n) is 2.49. The Morgan fingerprint density at radius 2 is 2.32 bits per heavy atom. The van der Waals surface area contributed by atoms with Gasteiger partial charge in [-0.25, -0.2) is 4.68 Å². The summed E-state index contributed by atoms with van der Waals surface area (Å²) in [4.78, 5) is 11.8. The number of benzene rings is 1. The highest BCUT2D eigenvalue weighted by atomic mass is 16.2. The van der Waals surface area contributed by atoms with Crippen LogP contribution in [0.15, 0.2) is 30.6 Å². The fourth-order valence-corrected chi connectivity index (χ4v) is 1.63. The van der Waals surface area contributed by atoms with E-state index in [-0.39, 0.29) is 12.5 Å². The van der Waals surface area contributed by atoms with E-state index in [9.17, 15) is 4.79 Å². The van der Waals surface area contributed by atoms with Crippen LogP contribution in [-0.4, -0.2) is 32.7 Å². The zero-order valence-electron chi connectivity index (χ0n) is 10.7. The quantitative estimate of drug-likeness (QED) is 0.786. The van der Waals surface area contributed by atoms with Crippen LogP contribution in [0.2, 0.25) is 0 Å². The summed E-state index contributed by atoms with van der Waals surface area (Å²) in [5.41, 5.74) is 1.90. The lowest BCUT2D eigenvalue weighted by molar-refractivity contribution is -0.116. The van der Waals surface area contributed by atoms with E-state index in [4.69, 9.17) is 0 Å². The van der Waals surface area contributed by atoms with E-state index in [2.05, 4.69) is 33.1 Å². The molecule has 0 aliphatic heterocycles. The third-order valence-corrected chi connectivity index (χ3v) is 2.49. The minimum Gasteiger partial charge on any atom is -0.324 e. The number of tetrazole rings is 1. The molecule has 0 saturated carbocycles. The summed E-state index contributed by atoms with van der Waals surface area (Å²) < 4.78 is 1.37. The maximum Gasteiger partial charge on any atom is 0.246 e. The molecule has 19 heavy (non-hydrogen) atoms. The van der Waals surface area contributed by atoms with Gasteiger partial charge in [0.15, 0.2) is 0 Å². The standard InChI is InChI=1S/C12H16N6O/c1-2-13-7-10-4-3-5-11(6-10)15-12(19)8-18-9-14-16-17-18/h3-6,9,13H,2,7-8H2,1H3,(H,15,19). The van der Waals surface area contributed by atoms with E-state index in [0.717, 1.165) is 24.3 Å². The molecule has 0 bridgehead atoms. The van der Waals surface area contributed by atoms with Crippen LogP contribution >= 0.6 is 0 Å². The van der Waals surface area contributed by atoms with Gasteiger partial charge in [0, 0.05) is 12.2 Å². The molecule has 0 atom stereocenters. The van der Waals surface area contributed by atoms with E-state index in [1.807, 2.05) is 24.3 Å². The largest absolute Gasteiger partial charge is 0.324 e. The van der Waals surface area contributed by atoms with Crippen LogP contribution in [0.1, 0.15) is 12.5 Å². The third kappa shape index (κ3) is 4.14. The van der Waals surface area contributed by atoms with Crippen molar-refractivity contribution >= 4 is 11.6 Å². The predicted molar refractivity (Wildman–Crippen MR) is 70.3 cm³/mol. The van der Waals surface area contributed by atoms with Crippen LogP contribution in [0.25, 0.3) is 0 Å². The molecular weight excluding hydrogens is 244 g/mol. The van der Waals surface area contributed by atoms with Gasteiger partial charge in [0.1, 0.15) is 12.9 Å². The van der Waals surface area contributed by atoms with E-state index in [0.29, 0.717) is 0 Å². The lowest BCUT2D eigenvalue weighted by Crippen LogP contribution is -2.19. The van der Waals surface area contributed by atoms with Gasteiger partial charge >= 0.3 is 0 Å². The van der Waals surface area contributed by atoms with Crippen LogP contribution in [-0.2, 0) is 17.9 Å². The number of nitrogens with zero attached hydrogens (tertiary/aromatic N) is 4. The molecule has 1 aromatic carbocycles. The topological polar surface area (TPSA) is 84.7 Å². The van der Waals surface area contributed by atoms with Gasteiger partial charge < -0.3 is 10.6 Å². The van der Waals surface area contributed by atoms with E-state index in [1.165, 1.54) is 11.0 Å². The number of hydrogen-bond acceptors (Lipinski definition) is 5. The van der Waals surface area contributed by atoms with Crippen molar-refractivity contribution in [3.8, 4) is 0 Å². The minimum absolute atomic E-state index is 0.102. The van der Waals surface area contributed by atoms with Crippen LogP contribution in [0.3, 0.4) is 0 Å². The number of amides is 1. The maximum absolute atomic E-state index is 11.8. The van der Waals surface area contributed by atoms with Crippen molar-refractivity contribution in [2.45, 2.75) is 20.0 Å². The number of carbonyl (C=O) groups excluding carboxylic acids is 1. The summed E-state index contributed by atoms with van der Waals surface area (Å²) in [6.45, 7) is 3.85. The van der Waals surface area contributed by atoms with Crippen molar-refractivity contribution in [1.29, 1.82) is 0 Å². The summed E-state index contributed by atoms with van der Waals surface area (Å²) >= 11 is 0. The van der Waals surface area contributed by atoms with Crippen LogP contribution in [0, 0.1) is 0 Å². The minimum atomic E-state index is -0.159. The van der Waals surface area contributed by atoms with Crippen LogP contribution in [0.4, 0.5) is 5.69 Å². The molecule has 0 spiro atoms. The van der Waals surface area contributed by atoms with Crippen molar-refractivity contribution in [3.05, 3.63) is 36.2 Å². The molecule has 0 aliphatic carbocycles. The number of aromatic nitrogens is 4. The van der Waals surface area contributed by atoms with E-state index < -0.39 is 0 Å². The first kappa shape index (κ1) is 13.2. The summed E-state index contributed by atoms with van der Waals surface area (Å²) in [7, 11) is 0. The smallest absolute Gasteiger partial charge is 0.246 e. The number of rotatable bonds is 6. The number of nitrogens with one attached hydrogen (secondary N) is 2. The molecule has 2 rings (SSSR count). The molecule has 0 unspecified atom stereocenters. The van der Waals surface area contributed by atoms with Gasteiger partial charge in [-0.2, -0.15) is 0 Å². The maximum atomic E-state index is 11.8. The average molecular weight is 260 g/mol. The fourth-order valence-electron chi connectivity index (χ4n) is 1.63. The van der Waals surface area contributed by atoms with Gasteiger partial charge in [0.05, 0.1) is 0 Å². The highest BCUT2D eigenvalue weighted by Gasteiger charge is 2.04. The second-order valence-electron chi connectivity index (χ2n) is 4.04. The molecule has 0 fully saturated rings. The highest BCUT2D eigenvalue weighted by Crippen LogP contribution is 2.10. The molecule has 0 aliphatic rings. The van der Waals surface area contributed by atoms with Crippen molar-refractivity contribution in [3.63, 3.8) is 0 Å². The summed E-state index contributed by atoms with van der Waals surface area (Å²) in [5, 5.41) is 16.6. The van der Waals surface area contributed by atoms with E-state index in [1.54, 1.807) is 0 Å². The first-order chi connectivity index (χ1) is 9.28. The number of hydrogen-bond donors (Lipinski definition) is 2. The average Bonchev–Trinajstić information content (AvgIpc) is 2.89. The molecule has 1 aromatic heterocycles. The molecular formula is C12H16N6O. The molecule has 7 heteroatoms. The van der Waals surface area contributed by atoms with Crippen LogP contribution < -0.4 is 10.6 Å².